The van der Waals surface area contributed by atoms with Crippen molar-refractivity contribution in [1.82, 2.24) is 5.32 Å². The van der Waals surface area contributed by atoms with Crippen LogP contribution in [0.5, 0.6) is 11.5 Å². The van der Waals surface area contributed by atoms with E-state index >= 15 is 0 Å². The summed E-state index contributed by atoms with van der Waals surface area (Å²) in [5.41, 5.74) is 2.36. The van der Waals surface area contributed by atoms with E-state index in [2.05, 4.69) is 24.4 Å². The fourth-order valence-corrected chi connectivity index (χ4v) is 5.30. The van der Waals surface area contributed by atoms with Gasteiger partial charge in [-0.25, -0.2) is 8.42 Å². The maximum atomic E-state index is 13.7. The molecule has 3 rings (SSSR count). The number of anilines is 1. The van der Waals surface area contributed by atoms with Crippen LogP contribution < -0.4 is 19.1 Å². The van der Waals surface area contributed by atoms with E-state index in [1.54, 1.807) is 30.3 Å². The number of aryl methyl sites for hydroxylation is 1. The Balaban J connectivity index is 1.87. The highest BCUT2D eigenvalue weighted by molar-refractivity contribution is 7.92. The Hall–Kier alpha value is -3.52. The summed E-state index contributed by atoms with van der Waals surface area (Å²) in [5.74, 6) is 0.589. The third-order valence-electron chi connectivity index (χ3n) is 6.08. The minimum absolute atomic E-state index is 0.0845. The first-order valence-electron chi connectivity index (χ1n) is 11.9. The van der Waals surface area contributed by atoms with E-state index in [1.807, 2.05) is 25.1 Å². The van der Waals surface area contributed by atoms with Gasteiger partial charge in [0.25, 0.3) is 10.0 Å². The molecule has 7 nitrogen and oxygen atoms in total. The predicted octanol–water partition coefficient (Wildman–Crippen LogP) is 4.59. The second-order valence-electron chi connectivity index (χ2n) is 8.63. The number of nitrogens with one attached hydrogen (secondary N) is 1. The third kappa shape index (κ3) is 6.79. The van der Waals surface area contributed by atoms with Crippen molar-refractivity contribution in [2.45, 2.75) is 31.6 Å². The van der Waals surface area contributed by atoms with Crippen LogP contribution in [-0.4, -0.2) is 41.6 Å². The first-order valence-corrected chi connectivity index (χ1v) is 13.3. The highest BCUT2D eigenvalue weighted by Crippen LogP contribution is 2.35. The smallest absolute Gasteiger partial charge is 0.264 e. The van der Waals surface area contributed by atoms with Gasteiger partial charge in [-0.2, -0.15) is 0 Å². The maximum Gasteiger partial charge on any atom is 0.264 e. The summed E-state index contributed by atoms with van der Waals surface area (Å²) in [7, 11) is -1.13. The molecule has 0 heterocycles. The lowest BCUT2D eigenvalue weighted by Crippen LogP contribution is -2.42. The second kappa shape index (κ2) is 12.4. The molecule has 1 unspecified atom stereocenters. The number of amides is 1. The van der Waals surface area contributed by atoms with Gasteiger partial charge in [-0.1, -0.05) is 61.4 Å². The van der Waals surface area contributed by atoms with Crippen LogP contribution in [0.25, 0.3) is 0 Å². The summed E-state index contributed by atoms with van der Waals surface area (Å²) in [6.07, 6.45) is 1.71. The summed E-state index contributed by atoms with van der Waals surface area (Å²) < 4.78 is 39.3. The molecular formula is C28H34N2O5S. The Morgan fingerprint density at radius 3 is 2.28 bits per heavy atom. The van der Waals surface area contributed by atoms with Gasteiger partial charge in [0.15, 0.2) is 0 Å². The van der Waals surface area contributed by atoms with Crippen LogP contribution in [0.4, 0.5) is 5.69 Å². The van der Waals surface area contributed by atoms with E-state index in [0.717, 1.165) is 22.7 Å². The molecule has 3 aromatic rings. The van der Waals surface area contributed by atoms with Gasteiger partial charge in [-0.05, 0) is 49.1 Å². The van der Waals surface area contributed by atoms with Gasteiger partial charge in [0.05, 0.1) is 24.8 Å². The van der Waals surface area contributed by atoms with Crippen LogP contribution in [0.2, 0.25) is 0 Å². The molecule has 0 radical (unpaired) electrons. The van der Waals surface area contributed by atoms with Crippen LogP contribution >= 0.6 is 0 Å². The lowest BCUT2D eigenvalue weighted by molar-refractivity contribution is -0.119. The van der Waals surface area contributed by atoms with Gasteiger partial charge >= 0.3 is 0 Å². The number of benzene rings is 3. The summed E-state index contributed by atoms with van der Waals surface area (Å²) >= 11 is 0. The lowest BCUT2D eigenvalue weighted by atomic mass is 9.97. The van der Waals surface area contributed by atoms with E-state index in [-0.39, 0.29) is 16.5 Å². The van der Waals surface area contributed by atoms with Crippen LogP contribution in [0.3, 0.4) is 0 Å². The van der Waals surface area contributed by atoms with Gasteiger partial charge < -0.3 is 14.8 Å². The predicted molar refractivity (Wildman–Crippen MR) is 142 cm³/mol. The minimum Gasteiger partial charge on any atom is -0.497 e. The first-order chi connectivity index (χ1) is 17.3. The van der Waals surface area contributed by atoms with Gasteiger partial charge in [0.2, 0.25) is 5.91 Å². The third-order valence-corrected chi connectivity index (χ3v) is 7.86. The summed E-state index contributed by atoms with van der Waals surface area (Å²) in [4.78, 5) is 13.2. The van der Waals surface area contributed by atoms with Crippen molar-refractivity contribution in [3.05, 3.63) is 83.9 Å². The van der Waals surface area contributed by atoms with Crippen LogP contribution in [0.1, 0.15) is 24.5 Å². The Morgan fingerprint density at radius 2 is 1.67 bits per heavy atom. The van der Waals surface area contributed by atoms with E-state index in [9.17, 15) is 13.2 Å². The van der Waals surface area contributed by atoms with Crippen molar-refractivity contribution < 1.29 is 22.7 Å². The zero-order valence-corrected chi connectivity index (χ0v) is 22.0. The number of hydrogen-bond donors (Lipinski definition) is 1. The molecule has 0 aliphatic heterocycles. The van der Waals surface area contributed by atoms with Crippen molar-refractivity contribution in [3.63, 3.8) is 0 Å². The van der Waals surface area contributed by atoms with Crippen molar-refractivity contribution in [2.24, 2.45) is 5.92 Å². The first kappa shape index (κ1) is 27.1. The number of sulfonamides is 1. The van der Waals surface area contributed by atoms with Gasteiger partial charge in [0, 0.05) is 12.6 Å². The Labute approximate surface area is 214 Å². The van der Waals surface area contributed by atoms with Crippen LogP contribution in [-0.2, 0) is 21.2 Å². The molecule has 1 amide bonds. The lowest BCUT2D eigenvalue weighted by Gasteiger charge is -2.26. The normalized spacial score (nSPS) is 12.0. The minimum atomic E-state index is -4.08. The van der Waals surface area contributed by atoms with Crippen LogP contribution in [0.15, 0.2) is 77.7 Å². The molecule has 0 aliphatic carbocycles. The quantitative estimate of drug-likeness (QED) is 0.385. The molecule has 0 bridgehead atoms. The fraction of sp³-hybridized carbons (Fsp3) is 0.321. The zero-order chi connectivity index (χ0) is 26.1. The van der Waals surface area contributed by atoms with E-state index in [1.165, 1.54) is 31.9 Å². The molecule has 1 atom stereocenters. The molecule has 3 aromatic carbocycles. The molecule has 36 heavy (non-hydrogen) atoms. The highest BCUT2D eigenvalue weighted by Gasteiger charge is 2.30. The molecule has 0 aromatic heterocycles. The number of hydrogen-bond acceptors (Lipinski definition) is 5. The second-order valence-corrected chi connectivity index (χ2v) is 10.5. The molecule has 0 aliphatic rings. The van der Waals surface area contributed by atoms with Gasteiger partial charge in [-0.3, -0.25) is 9.10 Å². The Kier molecular flexibility index (Phi) is 9.36. The van der Waals surface area contributed by atoms with Crippen molar-refractivity contribution in [1.29, 1.82) is 0 Å². The van der Waals surface area contributed by atoms with Crippen LogP contribution in [0, 0.1) is 12.8 Å². The highest BCUT2D eigenvalue weighted by atomic mass is 32.2. The average Bonchev–Trinajstić information content (AvgIpc) is 2.90. The van der Waals surface area contributed by atoms with Gasteiger partial charge in [-0.15, -0.1) is 0 Å². The standard InChI is InChI=1S/C28H34N2O5S/c1-5-22(17-23-9-7-6-8-10-23)19-29-28(31)20-30(26-18-24(34-3)13-16-27(26)35-4)36(32,33)25-14-11-21(2)12-15-25/h6-16,18,22H,5,17,19-20H2,1-4H3,(H,29,31). The number of carbonyl (C=O) groups is 1. The van der Waals surface area contributed by atoms with E-state index < -0.39 is 22.5 Å². The number of nitrogens with zero attached hydrogens (tertiary/aromatic N) is 1. The summed E-state index contributed by atoms with van der Waals surface area (Å²) in [5, 5.41) is 2.94. The molecule has 0 fully saturated rings. The number of carbonyl (C=O) groups excluding carboxylic acids is 1. The number of ether oxygens (including phenoxy) is 2. The van der Waals surface area contributed by atoms with Crippen molar-refractivity contribution in [3.8, 4) is 11.5 Å². The number of methoxy groups -OCH3 is 2. The van der Waals surface area contributed by atoms with E-state index in [0.29, 0.717) is 18.0 Å². The zero-order valence-electron chi connectivity index (χ0n) is 21.2. The molecule has 0 spiro atoms. The Morgan fingerprint density at radius 1 is 0.972 bits per heavy atom. The SMILES string of the molecule is CCC(CNC(=O)CN(c1cc(OC)ccc1OC)S(=O)(=O)c1ccc(C)cc1)Cc1ccccc1. The average molecular weight is 511 g/mol. The van der Waals surface area contributed by atoms with Crippen molar-refractivity contribution >= 4 is 21.6 Å². The largest absolute Gasteiger partial charge is 0.497 e. The van der Waals surface area contributed by atoms with E-state index in [4.69, 9.17) is 9.47 Å². The maximum absolute atomic E-state index is 13.7. The monoisotopic (exact) mass is 510 g/mol. The summed E-state index contributed by atoms with van der Waals surface area (Å²) in [6, 6.07) is 21.5. The number of rotatable bonds is 12. The molecule has 192 valence electrons. The fourth-order valence-electron chi connectivity index (χ4n) is 3.88. The molecule has 1 N–H and O–H groups in total. The molecule has 0 saturated heterocycles. The van der Waals surface area contributed by atoms with Crippen molar-refractivity contribution in [2.75, 3.05) is 31.6 Å². The summed E-state index contributed by atoms with van der Waals surface area (Å²) in [6.45, 7) is 4.00. The Bertz CT molecular complexity index is 1240. The topological polar surface area (TPSA) is 84.9 Å². The molecule has 8 heteroatoms. The molecular weight excluding hydrogens is 476 g/mol. The molecule has 0 saturated carbocycles. The van der Waals surface area contributed by atoms with Gasteiger partial charge in [0.1, 0.15) is 18.0 Å².